The van der Waals surface area contributed by atoms with Gasteiger partial charge in [-0.15, -0.1) is 0 Å². The van der Waals surface area contributed by atoms with Crippen molar-refractivity contribution in [3.63, 3.8) is 0 Å². The molecular formula is C12H23FO2. The van der Waals surface area contributed by atoms with Gasteiger partial charge in [0.15, 0.2) is 0 Å². The second kappa shape index (κ2) is 7.18. The molecule has 3 heteroatoms. The quantitative estimate of drug-likeness (QED) is 0.718. The van der Waals surface area contributed by atoms with Crippen LogP contribution < -0.4 is 0 Å². The van der Waals surface area contributed by atoms with Crippen LogP contribution in [0.2, 0.25) is 0 Å². The highest BCUT2D eigenvalue weighted by atomic mass is 19.1. The molecule has 0 bridgehead atoms. The van der Waals surface area contributed by atoms with Crippen LogP contribution in [-0.2, 0) is 0 Å². The molecule has 1 unspecified atom stereocenters. The Morgan fingerprint density at radius 2 is 1.80 bits per heavy atom. The summed E-state index contributed by atoms with van der Waals surface area (Å²) in [7, 11) is 0. The maximum absolute atomic E-state index is 12.4. The smallest absolute Gasteiger partial charge is 0.0897 e. The highest BCUT2D eigenvalue weighted by Crippen LogP contribution is 2.34. The molecule has 2 nitrogen and oxygen atoms in total. The van der Waals surface area contributed by atoms with Crippen LogP contribution in [0, 0.1) is 11.8 Å². The minimum atomic E-state index is -0.255. The number of alkyl halides is 1. The second-order valence-electron chi connectivity index (χ2n) is 4.67. The summed E-state index contributed by atoms with van der Waals surface area (Å²) in [6.07, 6.45) is 5.99. The normalized spacial score (nSPS) is 29.0. The lowest BCUT2D eigenvalue weighted by molar-refractivity contribution is 0.0834. The molecule has 0 radical (unpaired) electrons. The Balaban J connectivity index is 2.33. The molecule has 0 aromatic heterocycles. The van der Waals surface area contributed by atoms with E-state index in [-0.39, 0.29) is 19.4 Å². The lowest BCUT2D eigenvalue weighted by Gasteiger charge is -2.31. The first-order valence-corrected chi connectivity index (χ1v) is 6.12. The van der Waals surface area contributed by atoms with Crippen molar-refractivity contribution in [2.75, 3.05) is 13.3 Å². The fourth-order valence-corrected chi connectivity index (χ4v) is 2.68. The van der Waals surface area contributed by atoms with Crippen LogP contribution >= 0.6 is 0 Å². The van der Waals surface area contributed by atoms with Crippen molar-refractivity contribution < 1.29 is 14.6 Å². The summed E-state index contributed by atoms with van der Waals surface area (Å²) < 4.78 is 12.4. The van der Waals surface area contributed by atoms with Gasteiger partial charge in [0.25, 0.3) is 0 Å². The molecule has 0 heterocycles. The molecule has 0 spiro atoms. The first-order valence-electron chi connectivity index (χ1n) is 6.12. The zero-order chi connectivity index (χ0) is 11.1. The first-order chi connectivity index (χ1) is 7.27. The Labute approximate surface area is 91.5 Å². The van der Waals surface area contributed by atoms with Gasteiger partial charge in [0.05, 0.1) is 12.8 Å². The molecule has 1 aliphatic rings. The molecule has 1 atom stereocenters. The van der Waals surface area contributed by atoms with E-state index < -0.39 is 0 Å². The molecule has 2 N–H and O–H groups in total. The Morgan fingerprint density at radius 3 is 2.33 bits per heavy atom. The lowest BCUT2D eigenvalue weighted by atomic mass is 9.76. The predicted molar refractivity (Wildman–Crippen MR) is 58.4 cm³/mol. The van der Waals surface area contributed by atoms with E-state index >= 15 is 0 Å². The topological polar surface area (TPSA) is 40.5 Å². The van der Waals surface area contributed by atoms with Gasteiger partial charge in [-0.1, -0.05) is 0 Å². The van der Waals surface area contributed by atoms with E-state index in [1.807, 2.05) is 0 Å². The number of aliphatic hydroxyl groups is 2. The van der Waals surface area contributed by atoms with E-state index in [2.05, 4.69) is 0 Å². The summed E-state index contributed by atoms with van der Waals surface area (Å²) in [6, 6.07) is 0. The van der Waals surface area contributed by atoms with Gasteiger partial charge in [-0.25, -0.2) is 0 Å². The molecule has 0 aromatic carbocycles. The van der Waals surface area contributed by atoms with E-state index in [4.69, 9.17) is 5.11 Å². The maximum atomic E-state index is 12.4. The largest absolute Gasteiger partial charge is 0.396 e. The van der Waals surface area contributed by atoms with Gasteiger partial charge in [-0.2, -0.15) is 0 Å². The number of hydrogen-bond donors (Lipinski definition) is 2. The Morgan fingerprint density at radius 1 is 1.13 bits per heavy atom. The minimum Gasteiger partial charge on any atom is -0.396 e. The van der Waals surface area contributed by atoms with E-state index in [0.717, 1.165) is 38.5 Å². The summed E-state index contributed by atoms with van der Waals surface area (Å²) in [5.41, 5.74) is 0. The predicted octanol–water partition coefficient (Wildman–Crippen LogP) is 2.29. The molecule has 0 amide bonds. The van der Waals surface area contributed by atoms with Gasteiger partial charge in [0, 0.05) is 6.61 Å². The van der Waals surface area contributed by atoms with Crippen LogP contribution in [0.4, 0.5) is 4.39 Å². The van der Waals surface area contributed by atoms with Crippen LogP contribution in [0.5, 0.6) is 0 Å². The zero-order valence-electron chi connectivity index (χ0n) is 9.37. The second-order valence-corrected chi connectivity index (χ2v) is 4.67. The van der Waals surface area contributed by atoms with Gasteiger partial charge >= 0.3 is 0 Å². The molecule has 0 saturated heterocycles. The van der Waals surface area contributed by atoms with Crippen LogP contribution in [0.1, 0.15) is 44.9 Å². The highest BCUT2D eigenvalue weighted by Gasteiger charge is 2.26. The summed E-state index contributed by atoms with van der Waals surface area (Å²) in [6.45, 7) is -0.0483. The van der Waals surface area contributed by atoms with Crippen molar-refractivity contribution in [2.24, 2.45) is 11.8 Å². The van der Waals surface area contributed by atoms with Gasteiger partial charge in [0.1, 0.15) is 0 Å². The third-order valence-electron chi connectivity index (χ3n) is 3.62. The van der Waals surface area contributed by atoms with Gasteiger partial charge < -0.3 is 10.2 Å². The average molecular weight is 218 g/mol. The number of rotatable bonds is 6. The van der Waals surface area contributed by atoms with Gasteiger partial charge in [0.2, 0.25) is 0 Å². The van der Waals surface area contributed by atoms with Crippen LogP contribution in [0.15, 0.2) is 0 Å². The molecule has 15 heavy (non-hydrogen) atoms. The number of aliphatic hydroxyl groups excluding tert-OH is 2. The standard InChI is InChI=1S/C12H23FO2/c13-8-7-10(2-1-9-14)11-3-5-12(15)6-4-11/h10-12,14-15H,1-9H2. The highest BCUT2D eigenvalue weighted by molar-refractivity contribution is 4.77. The summed E-state index contributed by atoms with van der Waals surface area (Å²) in [4.78, 5) is 0. The Bertz CT molecular complexity index is 156. The van der Waals surface area contributed by atoms with Crippen LogP contribution in [0.25, 0.3) is 0 Å². The van der Waals surface area contributed by atoms with Crippen LogP contribution in [-0.4, -0.2) is 29.6 Å². The van der Waals surface area contributed by atoms with Crippen molar-refractivity contribution in [2.45, 2.75) is 51.0 Å². The SMILES string of the molecule is OCCCC(CCF)C1CCC(O)CC1. The zero-order valence-corrected chi connectivity index (χ0v) is 9.37. The Hall–Kier alpha value is -0.150. The molecule has 90 valence electrons. The van der Waals surface area contributed by atoms with Gasteiger partial charge in [-0.05, 0) is 56.8 Å². The molecule has 1 aliphatic carbocycles. The summed E-state index contributed by atoms with van der Waals surface area (Å²) in [5.74, 6) is 0.977. The molecule has 0 aliphatic heterocycles. The van der Waals surface area contributed by atoms with Crippen molar-refractivity contribution in [3.05, 3.63) is 0 Å². The third kappa shape index (κ3) is 4.47. The minimum absolute atomic E-state index is 0.134. The van der Waals surface area contributed by atoms with Crippen molar-refractivity contribution >= 4 is 0 Å². The first kappa shape index (κ1) is 12.9. The molecule has 0 aromatic rings. The van der Waals surface area contributed by atoms with E-state index in [0.29, 0.717) is 18.3 Å². The van der Waals surface area contributed by atoms with Crippen molar-refractivity contribution in [1.29, 1.82) is 0 Å². The van der Waals surface area contributed by atoms with Crippen LogP contribution in [0.3, 0.4) is 0 Å². The van der Waals surface area contributed by atoms with E-state index in [1.54, 1.807) is 0 Å². The van der Waals surface area contributed by atoms with E-state index in [1.165, 1.54) is 0 Å². The maximum Gasteiger partial charge on any atom is 0.0897 e. The van der Waals surface area contributed by atoms with E-state index in [9.17, 15) is 9.50 Å². The fourth-order valence-electron chi connectivity index (χ4n) is 2.68. The number of hydrogen-bond acceptors (Lipinski definition) is 2. The molecule has 1 saturated carbocycles. The van der Waals surface area contributed by atoms with Gasteiger partial charge in [-0.3, -0.25) is 4.39 Å². The van der Waals surface area contributed by atoms with Crippen molar-refractivity contribution in [3.8, 4) is 0 Å². The monoisotopic (exact) mass is 218 g/mol. The fraction of sp³-hybridized carbons (Fsp3) is 1.00. The molecule has 1 fully saturated rings. The lowest BCUT2D eigenvalue weighted by Crippen LogP contribution is -2.24. The molecule has 1 rings (SSSR count). The Kier molecular flexibility index (Phi) is 6.18. The third-order valence-corrected chi connectivity index (χ3v) is 3.62. The average Bonchev–Trinajstić information content (AvgIpc) is 2.25. The molecular weight excluding hydrogens is 195 g/mol. The number of halogens is 1. The van der Waals surface area contributed by atoms with Crippen molar-refractivity contribution in [1.82, 2.24) is 0 Å². The summed E-state index contributed by atoms with van der Waals surface area (Å²) >= 11 is 0. The summed E-state index contributed by atoms with van der Waals surface area (Å²) in [5, 5.41) is 18.2.